The molecule has 7 aromatic carbocycles. The van der Waals surface area contributed by atoms with E-state index in [2.05, 4.69) is 121 Å². The van der Waals surface area contributed by atoms with Crippen LogP contribution in [0.4, 0.5) is 0 Å². The first-order chi connectivity index (χ1) is 17.3. The van der Waals surface area contributed by atoms with Crippen molar-refractivity contribution in [1.29, 1.82) is 0 Å². The highest BCUT2D eigenvalue weighted by atomic mass is 35.5. The lowest BCUT2D eigenvalue weighted by Gasteiger charge is -2.18. The molecule has 0 atom stereocenters. The van der Waals surface area contributed by atoms with Crippen molar-refractivity contribution in [2.24, 2.45) is 0 Å². The van der Waals surface area contributed by atoms with E-state index >= 15 is 0 Å². The smallest absolute Gasteiger partial charge is 0.0484 e. The standard InChI is InChI=1S/C34H21Cl/c35-33-20-19-28(27-14-5-6-15-29(27)33)31-18-8-17-30-25-13-4-2-10-23(25)21-32(34(30)31)26-16-7-11-22-9-1-3-12-24(22)26/h1-21H. The number of halogens is 1. The Morgan fingerprint density at radius 1 is 0.343 bits per heavy atom. The molecular formula is C34H21Cl. The van der Waals surface area contributed by atoms with Gasteiger partial charge in [0.15, 0.2) is 0 Å². The van der Waals surface area contributed by atoms with Crippen LogP contribution in [0.1, 0.15) is 0 Å². The van der Waals surface area contributed by atoms with Gasteiger partial charge >= 0.3 is 0 Å². The Labute approximate surface area is 209 Å². The lowest BCUT2D eigenvalue weighted by atomic mass is 9.86. The molecule has 0 saturated carbocycles. The zero-order valence-corrected chi connectivity index (χ0v) is 19.8. The molecule has 7 aromatic rings. The average molecular weight is 465 g/mol. The molecule has 0 radical (unpaired) electrons. The summed E-state index contributed by atoms with van der Waals surface area (Å²) >= 11 is 6.61. The highest BCUT2D eigenvalue weighted by molar-refractivity contribution is 6.36. The van der Waals surface area contributed by atoms with Crippen molar-refractivity contribution in [2.45, 2.75) is 0 Å². The molecule has 7 rings (SSSR count). The topological polar surface area (TPSA) is 0 Å². The molecule has 0 spiro atoms. The Morgan fingerprint density at radius 3 is 1.77 bits per heavy atom. The van der Waals surface area contributed by atoms with E-state index in [0.717, 1.165) is 10.4 Å². The van der Waals surface area contributed by atoms with Gasteiger partial charge in [-0.1, -0.05) is 127 Å². The minimum absolute atomic E-state index is 0.782. The molecule has 0 heterocycles. The van der Waals surface area contributed by atoms with Crippen molar-refractivity contribution in [3.05, 3.63) is 132 Å². The van der Waals surface area contributed by atoms with E-state index in [9.17, 15) is 0 Å². The molecule has 164 valence electrons. The van der Waals surface area contributed by atoms with Gasteiger partial charge in [-0.2, -0.15) is 0 Å². The number of hydrogen-bond donors (Lipinski definition) is 0. The minimum Gasteiger partial charge on any atom is -0.0837 e. The maximum absolute atomic E-state index is 6.61. The Bertz CT molecular complexity index is 1910. The summed E-state index contributed by atoms with van der Waals surface area (Å²) in [7, 11) is 0. The summed E-state index contributed by atoms with van der Waals surface area (Å²) in [5.41, 5.74) is 4.94. The van der Waals surface area contributed by atoms with Crippen LogP contribution in [0.2, 0.25) is 5.02 Å². The predicted octanol–water partition coefficient (Wildman–Crippen LogP) is 10.3. The SMILES string of the molecule is Clc1ccc(-c2cccc3c2c(-c2cccc4ccccc24)cc2ccccc23)c2ccccc12. The molecule has 0 N–H and O–H groups in total. The molecule has 0 aliphatic rings. The number of benzene rings is 7. The third-order valence-corrected chi connectivity index (χ3v) is 7.46. The van der Waals surface area contributed by atoms with Crippen molar-refractivity contribution in [1.82, 2.24) is 0 Å². The quantitative estimate of drug-likeness (QED) is 0.223. The van der Waals surface area contributed by atoms with E-state index in [0.29, 0.717) is 0 Å². The maximum atomic E-state index is 6.61. The molecule has 0 unspecified atom stereocenters. The van der Waals surface area contributed by atoms with Gasteiger partial charge in [-0.3, -0.25) is 0 Å². The van der Waals surface area contributed by atoms with E-state index in [1.807, 2.05) is 6.07 Å². The first kappa shape index (κ1) is 20.3. The van der Waals surface area contributed by atoms with E-state index in [1.165, 1.54) is 60.0 Å². The van der Waals surface area contributed by atoms with Crippen LogP contribution in [0.5, 0.6) is 0 Å². The van der Waals surface area contributed by atoms with Crippen LogP contribution in [-0.2, 0) is 0 Å². The molecule has 0 nitrogen and oxygen atoms in total. The Hall–Kier alpha value is -4.13. The Morgan fingerprint density at radius 2 is 0.914 bits per heavy atom. The summed E-state index contributed by atoms with van der Waals surface area (Å²) < 4.78 is 0. The molecule has 35 heavy (non-hydrogen) atoms. The van der Waals surface area contributed by atoms with E-state index in [-0.39, 0.29) is 0 Å². The van der Waals surface area contributed by atoms with Gasteiger partial charge in [-0.25, -0.2) is 0 Å². The Kier molecular flexibility index (Phi) is 4.62. The van der Waals surface area contributed by atoms with Crippen LogP contribution in [-0.4, -0.2) is 0 Å². The van der Waals surface area contributed by atoms with Crippen LogP contribution < -0.4 is 0 Å². The highest BCUT2D eigenvalue weighted by Gasteiger charge is 2.16. The molecule has 0 saturated heterocycles. The van der Waals surface area contributed by atoms with Gasteiger partial charge in [-0.05, 0) is 72.1 Å². The zero-order valence-electron chi connectivity index (χ0n) is 19.0. The maximum Gasteiger partial charge on any atom is 0.0484 e. The van der Waals surface area contributed by atoms with Gasteiger partial charge in [0.2, 0.25) is 0 Å². The average Bonchev–Trinajstić information content (AvgIpc) is 2.92. The summed E-state index contributed by atoms with van der Waals surface area (Å²) in [5.74, 6) is 0. The minimum atomic E-state index is 0.782. The first-order valence-electron chi connectivity index (χ1n) is 11.9. The number of rotatable bonds is 2. The molecule has 0 fully saturated rings. The molecule has 0 bridgehead atoms. The third-order valence-electron chi connectivity index (χ3n) is 7.13. The highest BCUT2D eigenvalue weighted by Crippen LogP contribution is 2.44. The third kappa shape index (κ3) is 3.15. The van der Waals surface area contributed by atoms with Crippen LogP contribution in [0.3, 0.4) is 0 Å². The summed E-state index contributed by atoms with van der Waals surface area (Å²) in [5, 5.41) is 10.6. The van der Waals surface area contributed by atoms with Crippen LogP contribution in [0, 0.1) is 0 Å². The molecule has 0 amide bonds. The van der Waals surface area contributed by atoms with Crippen molar-refractivity contribution in [2.75, 3.05) is 0 Å². The van der Waals surface area contributed by atoms with Gasteiger partial charge in [0.05, 0.1) is 0 Å². The van der Waals surface area contributed by atoms with Crippen LogP contribution in [0.15, 0.2) is 127 Å². The van der Waals surface area contributed by atoms with Gasteiger partial charge in [0.1, 0.15) is 0 Å². The summed E-state index contributed by atoms with van der Waals surface area (Å²) in [6, 6.07) is 45.6. The fourth-order valence-electron chi connectivity index (χ4n) is 5.56. The number of hydrogen-bond acceptors (Lipinski definition) is 0. The van der Waals surface area contributed by atoms with Crippen LogP contribution >= 0.6 is 11.6 Å². The van der Waals surface area contributed by atoms with Crippen molar-refractivity contribution in [3.8, 4) is 22.3 Å². The second-order valence-corrected chi connectivity index (χ2v) is 9.45. The number of fused-ring (bicyclic) bond motifs is 5. The van der Waals surface area contributed by atoms with E-state index < -0.39 is 0 Å². The van der Waals surface area contributed by atoms with E-state index in [4.69, 9.17) is 11.6 Å². The zero-order chi connectivity index (χ0) is 23.4. The fourth-order valence-corrected chi connectivity index (χ4v) is 5.78. The molecular weight excluding hydrogens is 444 g/mol. The van der Waals surface area contributed by atoms with E-state index in [1.54, 1.807) is 0 Å². The summed E-state index contributed by atoms with van der Waals surface area (Å²) in [4.78, 5) is 0. The van der Waals surface area contributed by atoms with Gasteiger partial charge in [0, 0.05) is 10.4 Å². The summed E-state index contributed by atoms with van der Waals surface area (Å²) in [6.45, 7) is 0. The molecule has 0 aliphatic heterocycles. The van der Waals surface area contributed by atoms with Gasteiger partial charge in [0.25, 0.3) is 0 Å². The second-order valence-electron chi connectivity index (χ2n) is 9.04. The monoisotopic (exact) mass is 464 g/mol. The normalized spacial score (nSPS) is 11.6. The van der Waals surface area contributed by atoms with Crippen LogP contribution in [0.25, 0.3) is 65.3 Å². The van der Waals surface area contributed by atoms with Crippen molar-refractivity contribution >= 4 is 54.7 Å². The second kappa shape index (κ2) is 7.98. The lowest BCUT2D eigenvalue weighted by Crippen LogP contribution is -1.91. The van der Waals surface area contributed by atoms with Gasteiger partial charge in [-0.15, -0.1) is 0 Å². The Balaban J connectivity index is 1.69. The van der Waals surface area contributed by atoms with Crippen molar-refractivity contribution < 1.29 is 0 Å². The van der Waals surface area contributed by atoms with Gasteiger partial charge < -0.3 is 0 Å². The largest absolute Gasteiger partial charge is 0.0837 e. The lowest BCUT2D eigenvalue weighted by molar-refractivity contribution is 1.67. The molecule has 1 heteroatoms. The molecule has 0 aromatic heterocycles. The first-order valence-corrected chi connectivity index (χ1v) is 12.3. The van der Waals surface area contributed by atoms with Crippen molar-refractivity contribution in [3.63, 3.8) is 0 Å². The predicted molar refractivity (Wildman–Crippen MR) is 152 cm³/mol. The molecule has 0 aliphatic carbocycles. The summed E-state index contributed by atoms with van der Waals surface area (Å²) in [6.07, 6.45) is 0. The fraction of sp³-hybridized carbons (Fsp3) is 0.